The van der Waals surface area contributed by atoms with Crippen molar-refractivity contribution in [3.8, 4) is 17.1 Å². The minimum atomic E-state index is -0.806. The molecule has 0 radical (unpaired) electrons. The van der Waals surface area contributed by atoms with Crippen LogP contribution >= 0.6 is 27.3 Å². The van der Waals surface area contributed by atoms with Crippen LogP contribution in [0, 0.1) is 6.92 Å². The Bertz CT molecular complexity index is 2090. The smallest absolute Gasteiger partial charge is 0.338 e. The Hall–Kier alpha value is -4.21. The quantitative estimate of drug-likeness (QED) is 0.203. The van der Waals surface area contributed by atoms with Crippen LogP contribution < -0.4 is 19.6 Å². The van der Waals surface area contributed by atoms with Gasteiger partial charge in [-0.05, 0) is 67.4 Å². The molecule has 0 spiro atoms. The molecule has 0 N–H and O–H groups in total. The number of hydrogen-bond donors (Lipinski definition) is 0. The number of benzene rings is 3. The minimum Gasteiger partial charge on any atom is -0.496 e. The first-order valence-corrected chi connectivity index (χ1v) is 15.0. The van der Waals surface area contributed by atoms with Gasteiger partial charge in [-0.15, -0.1) is 0 Å². The second kappa shape index (κ2) is 11.2. The molecule has 0 bridgehead atoms. The Morgan fingerprint density at radius 2 is 1.93 bits per heavy atom. The zero-order chi connectivity index (χ0) is 29.5. The number of hydrogen-bond acceptors (Lipinski definition) is 7. The van der Waals surface area contributed by atoms with Crippen LogP contribution in [0.5, 0.6) is 5.75 Å². The first-order chi connectivity index (χ1) is 20.3. The van der Waals surface area contributed by atoms with Gasteiger partial charge in [-0.3, -0.25) is 9.36 Å². The van der Waals surface area contributed by atoms with Crippen LogP contribution in [-0.2, 0) is 9.53 Å². The van der Waals surface area contributed by atoms with E-state index in [0.717, 1.165) is 26.4 Å². The highest BCUT2D eigenvalue weighted by Crippen LogP contribution is 2.40. The van der Waals surface area contributed by atoms with E-state index in [0.29, 0.717) is 43.4 Å². The van der Waals surface area contributed by atoms with Crippen molar-refractivity contribution >= 4 is 50.1 Å². The number of halogens is 1. The van der Waals surface area contributed by atoms with E-state index in [1.54, 1.807) is 31.6 Å². The van der Waals surface area contributed by atoms with Gasteiger partial charge in [0.05, 0.1) is 29.5 Å². The lowest BCUT2D eigenvalue weighted by molar-refractivity contribution is -0.139. The fourth-order valence-corrected chi connectivity index (χ4v) is 7.04. The molecule has 0 amide bonds. The summed E-state index contributed by atoms with van der Waals surface area (Å²) in [5, 5.41) is 1.82. The van der Waals surface area contributed by atoms with Crippen LogP contribution in [0.2, 0.25) is 0 Å². The fraction of sp³-hybridized carbons (Fsp3) is 0.182. The molecule has 0 aliphatic carbocycles. The predicted molar refractivity (Wildman–Crippen MR) is 167 cm³/mol. The Labute approximate surface area is 254 Å². The summed E-state index contributed by atoms with van der Waals surface area (Å²) in [6.07, 6.45) is 1.72. The Morgan fingerprint density at radius 3 is 2.69 bits per heavy atom. The maximum Gasteiger partial charge on any atom is 0.338 e. The monoisotopic (exact) mass is 642 g/mol. The van der Waals surface area contributed by atoms with Crippen LogP contribution in [0.3, 0.4) is 0 Å². The molecule has 7 nitrogen and oxygen atoms in total. The first-order valence-electron chi connectivity index (χ1n) is 13.4. The summed E-state index contributed by atoms with van der Waals surface area (Å²) < 4.78 is 20.3. The number of aromatic nitrogens is 1. The van der Waals surface area contributed by atoms with E-state index in [1.165, 1.54) is 11.3 Å². The van der Waals surface area contributed by atoms with E-state index < -0.39 is 12.0 Å². The highest BCUT2D eigenvalue weighted by atomic mass is 79.9. The fourth-order valence-electron chi connectivity index (χ4n) is 5.32. The third kappa shape index (κ3) is 4.82. The van der Waals surface area contributed by atoms with E-state index in [2.05, 4.69) is 15.9 Å². The number of ether oxygens (including phenoxy) is 2. The predicted octanol–water partition coefficient (Wildman–Crippen LogP) is 6.29. The minimum absolute atomic E-state index is 0.192. The first kappa shape index (κ1) is 27.9. The lowest BCUT2D eigenvalue weighted by atomic mass is 9.90. The van der Waals surface area contributed by atoms with Gasteiger partial charge in [0.2, 0.25) is 0 Å². The number of aryl methyl sites for hydroxylation is 1. The van der Waals surface area contributed by atoms with Gasteiger partial charge in [0.1, 0.15) is 23.3 Å². The van der Waals surface area contributed by atoms with Crippen molar-refractivity contribution in [2.75, 3.05) is 13.7 Å². The average molecular weight is 644 g/mol. The average Bonchev–Trinajstić information content (AvgIpc) is 3.55. The van der Waals surface area contributed by atoms with Gasteiger partial charge in [0.15, 0.2) is 4.80 Å². The van der Waals surface area contributed by atoms with Gasteiger partial charge in [-0.2, -0.15) is 0 Å². The van der Waals surface area contributed by atoms with E-state index in [-0.39, 0.29) is 12.2 Å². The van der Waals surface area contributed by atoms with E-state index in [1.807, 2.05) is 73.7 Å². The van der Waals surface area contributed by atoms with Crippen molar-refractivity contribution in [3.05, 3.63) is 119 Å². The molecular weight excluding hydrogens is 616 g/mol. The number of nitrogens with zero attached hydrogens (tertiary/aromatic N) is 2. The van der Waals surface area contributed by atoms with Crippen molar-refractivity contribution in [1.29, 1.82) is 0 Å². The molecule has 212 valence electrons. The molecule has 1 aliphatic heterocycles. The topological polar surface area (TPSA) is 83.0 Å². The molecule has 9 heteroatoms. The number of carbonyl (C=O) groups excluding carboxylic acids is 1. The molecule has 0 fully saturated rings. The molecule has 1 aliphatic rings. The summed E-state index contributed by atoms with van der Waals surface area (Å²) in [7, 11) is 1.58. The molecule has 1 atom stereocenters. The standard InChI is InChI=1S/C33H27BrN2O5S/c1-5-40-32(38)28-19(3)35-33-36(30(28)29-22-9-7-6-8-20(22)11-14-26(29)39-4)31(37)27(42-33)17-21-12-15-25(41-21)23-13-10-18(2)16-24(23)34/h6-17,30H,5H2,1-4H3/b27-17-/t30-/m0/s1. The molecule has 3 aromatic carbocycles. The maximum atomic E-state index is 14.2. The largest absolute Gasteiger partial charge is 0.496 e. The van der Waals surface area contributed by atoms with Gasteiger partial charge >= 0.3 is 5.97 Å². The summed E-state index contributed by atoms with van der Waals surface area (Å²) >= 11 is 4.86. The number of rotatable bonds is 6. The zero-order valence-corrected chi connectivity index (χ0v) is 25.8. The lowest BCUT2D eigenvalue weighted by Gasteiger charge is -2.27. The van der Waals surface area contributed by atoms with Crippen LogP contribution in [0.15, 0.2) is 96.7 Å². The van der Waals surface area contributed by atoms with Crippen molar-refractivity contribution < 1.29 is 18.7 Å². The van der Waals surface area contributed by atoms with Crippen molar-refractivity contribution in [2.45, 2.75) is 26.8 Å². The number of methoxy groups -OCH3 is 1. The molecule has 5 aromatic rings. The second-order valence-corrected chi connectivity index (χ2v) is 11.8. The highest BCUT2D eigenvalue weighted by Gasteiger charge is 2.36. The molecule has 0 unspecified atom stereocenters. The summed E-state index contributed by atoms with van der Waals surface area (Å²) in [5.74, 6) is 1.25. The molecule has 42 heavy (non-hydrogen) atoms. The SMILES string of the molecule is CCOC(=O)C1=C(C)N=c2s/c(=C\c3ccc(-c4ccc(C)cc4Br)o3)c(=O)n2[C@@H]1c1c(OC)ccc2ccccc12. The van der Waals surface area contributed by atoms with Crippen LogP contribution in [0.1, 0.15) is 36.8 Å². The Balaban J connectivity index is 1.56. The van der Waals surface area contributed by atoms with Crippen LogP contribution in [-0.4, -0.2) is 24.3 Å². The Kier molecular flexibility index (Phi) is 7.47. The highest BCUT2D eigenvalue weighted by molar-refractivity contribution is 9.10. The summed E-state index contributed by atoms with van der Waals surface area (Å²) in [4.78, 5) is 32.7. The van der Waals surface area contributed by atoms with E-state index >= 15 is 0 Å². The van der Waals surface area contributed by atoms with Crippen LogP contribution in [0.25, 0.3) is 28.2 Å². The van der Waals surface area contributed by atoms with E-state index in [9.17, 15) is 9.59 Å². The summed E-state index contributed by atoms with van der Waals surface area (Å²) in [6.45, 7) is 5.74. The zero-order valence-electron chi connectivity index (χ0n) is 23.4. The third-order valence-corrected chi connectivity index (χ3v) is 8.87. The number of allylic oxidation sites excluding steroid dienone is 1. The normalized spacial score (nSPS) is 15.1. The van der Waals surface area contributed by atoms with Crippen LogP contribution in [0.4, 0.5) is 0 Å². The van der Waals surface area contributed by atoms with Gasteiger partial charge in [-0.25, -0.2) is 9.79 Å². The number of thiazole rings is 1. The summed E-state index contributed by atoms with van der Waals surface area (Å²) in [6, 6.07) is 20.6. The van der Waals surface area contributed by atoms with Gasteiger partial charge in [0.25, 0.3) is 5.56 Å². The van der Waals surface area contributed by atoms with Gasteiger partial charge < -0.3 is 13.9 Å². The molecule has 0 saturated heterocycles. The summed E-state index contributed by atoms with van der Waals surface area (Å²) in [5.41, 5.74) is 3.25. The number of carbonyl (C=O) groups is 1. The molecule has 2 aromatic heterocycles. The third-order valence-electron chi connectivity index (χ3n) is 7.23. The maximum absolute atomic E-state index is 14.2. The van der Waals surface area contributed by atoms with Crippen molar-refractivity contribution in [1.82, 2.24) is 4.57 Å². The number of furan rings is 1. The Morgan fingerprint density at radius 1 is 1.12 bits per heavy atom. The second-order valence-electron chi connectivity index (χ2n) is 9.89. The van der Waals surface area contributed by atoms with Crippen molar-refractivity contribution in [2.24, 2.45) is 4.99 Å². The molecule has 6 rings (SSSR count). The van der Waals surface area contributed by atoms with Crippen molar-refractivity contribution in [3.63, 3.8) is 0 Å². The van der Waals surface area contributed by atoms with Gasteiger partial charge in [0, 0.05) is 21.7 Å². The molecule has 3 heterocycles. The lowest BCUT2D eigenvalue weighted by Crippen LogP contribution is -2.40. The van der Waals surface area contributed by atoms with Gasteiger partial charge in [-0.1, -0.05) is 63.7 Å². The van der Waals surface area contributed by atoms with E-state index in [4.69, 9.17) is 18.9 Å². The molecule has 0 saturated carbocycles. The molecular formula is C33H27BrN2O5S. The number of fused-ring (bicyclic) bond motifs is 2. The number of esters is 1.